The lowest BCUT2D eigenvalue weighted by molar-refractivity contribution is 0.0696. The SMILES string of the molecule is CC1CSCCN1Cc1cc(C(=O)O)co1. The van der Waals surface area contributed by atoms with Gasteiger partial charge in [-0.05, 0) is 13.0 Å². The second-order valence-electron chi connectivity index (χ2n) is 4.00. The average molecular weight is 241 g/mol. The highest BCUT2D eigenvalue weighted by atomic mass is 32.2. The van der Waals surface area contributed by atoms with Gasteiger partial charge in [0.25, 0.3) is 0 Å². The summed E-state index contributed by atoms with van der Waals surface area (Å²) >= 11 is 1.96. The first kappa shape index (κ1) is 11.5. The van der Waals surface area contributed by atoms with Crippen LogP contribution in [0, 0.1) is 0 Å². The molecule has 0 saturated carbocycles. The number of nitrogens with zero attached hydrogens (tertiary/aromatic N) is 1. The first-order chi connectivity index (χ1) is 7.66. The van der Waals surface area contributed by atoms with Crippen LogP contribution in [0.4, 0.5) is 0 Å². The smallest absolute Gasteiger partial charge is 0.338 e. The van der Waals surface area contributed by atoms with E-state index >= 15 is 0 Å². The highest BCUT2D eigenvalue weighted by Gasteiger charge is 2.20. The molecule has 1 atom stereocenters. The third-order valence-corrected chi connectivity index (χ3v) is 3.95. The molecule has 1 aliphatic heterocycles. The summed E-state index contributed by atoms with van der Waals surface area (Å²) in [6.07, 6.45) is 1.31. The summed E-state index contributed by atoms with van der Waals surface area (Å²) < 4.78 is 5.25. The van der Waals surface area contributed by atoms with Gasteiger partial charge in [0.05, 0.1) is 12.1 Å². The predicted octanol–water partition coefficient (Wildman–Crippen LogP) is 1.92. The first-order valence-electron chi connectivity index (χ1n) is 5.29. The number of furan rings is 1. The molecule has 0 amide bonds. The lowest BCUT2D eigenvalue weighted by Gasteiger charge is -2.32. The maximum absolute atomic E-state index is 10.7. The second-order valence-corrected chi connectivity index (χ2v) is 5.15. The van der Waals surface area contributed by atoms with Crippen molar-refractivity contribution >= 4 is 17.7 Å². The van der Waals surface area contributed by atoms with Crippen LogP contribution in [0.15, 0.2) is 16.7 Å². The fraction of sp³-hybridized carbons (Fsp3) is 0.545. The molecule has 1 aromatic rings. The Morgan fingerprint density at radius 3 is 3.19 bits per heavy atom. The molecule has 88 valence electrons. The highest BCUT2D eigenvalue weighted by Crippen LogP contribution is 2.19. The molecule has 1 N–H and O–H groups in total. The zero-order valence-electron chi connectivity index (χ0n) is 9.18. The fourth-order valence-electron chi connectivity index (χ4n) is 1.77. The number of aromatic carboxylic acids is 1. The molecule has 1 unspecified atom stereocenters. The van der Waals surface area contributed by atoms with Gasteiger partial charge in [0.1, 0.15) is 12.0 Å². The summed E-state index contributed by atoms with van der Waals surface area (Å²) in [5, 5.41) is 8.78. The molecule has 0 spiro atoms. The Kier molecular flexibility index (Phi) is 3.56. The molecular formula is C11H15NO3S. The Morgan fingerprint density at radius 2 is 2.56 bits per heavy atom. The summed E-state index contributed by atoms with van der Waals surface area (Å²) in [5.41, 5.74) is 0.231. The summed E-state index contributed by atoms with van der Waals surface area (Å²) in [5.74, 6) is 2.07. The number of carboxylic acids is 1. The van der Waals surface area contributed by atoms with Gasteiger partial charge >= 0.3 is 5.97 Å². The molecule has 0 aromatic carbocycles. The Hall–Kier alpha value is -0.940. The lowest BCUT2D eigenvalue weighted by atomic mass is 10.2. The number of rotatable bonds is 3. The van der Waals surface area contributed by atoms with Gasteiger partial charge in [-0.15, -0.1) is 0 Å². The molecule has 0 aliphatic carbocycles. The third kappa shape index (κ3) is 2.59. The maximum atomic E-state index is 10.7. The van der Waals surface area contributed by atoms with Crippen LogP contribution in [-0.4, -0.2) is 40.1 Å². The molecule has 2 heterocycles. The van der Waals surface area contributed by atoms with Crippen LogP contribution in [0.3, 0.4) is 0 Å². The van der Waals surface area contributed by atoms with Gasteiger partial charge < -0.3 is 9.52 Å². The minimum atomic E-state index is -0.933. The summed E-state index contributed by atoms with van der Waals surface area (Å²) in [7, 11) is 0. The Labute approximate surface area is 98.6 Å². The van der Waals surface area contributed by atoms with E-state index in [1.54, 1.807) is 6.07 Å². The first-order valence-corrected chi connectivity index (χ1v) is 6.45. The molecule has 1 saturated heterocycles. The van der Waals surface area contributed by atoms with Gasteiger partial charge in [-0.25, -0.2) is 4.79 Å². The van der Waals surface area contributed by atoms with Gasteiger partial charge in [0, 0.05) is 24.1 Å². The summed E-state index contributed by atoms with van der Waals surface area (Å²) in [4.78, 5) is 13.0. The van der Waals surface area contributed by atoms with Crippen LogP contribution in [0.25, 0.3) is 0 Å². The van der Waals surface area contributed by atoms with Crippen molar-refractivity contribution < 1.29 is 14.3 Å². The van der Waals surface area contributed by atoms with E-state index in [-0.39, 0.29) is 5.56 Å². The van der Waals surface area contributed by atoms with E-state index < -0.39 is 5.97 Å². The van der Waals surface area contributed by atoms with Gasteiger partial charge in [-0.2, -0.15) is 11.8 Å². The van der Waals surface area contributed by atoms with Gasteiger partial charge in [0.2, 0.25) is 0 Å². The van der Waals surface area contributed by atoms with Crippen LogP contribution in [0.2, 0.25) is 0 Å². The number of carboxylic acid groups (broad SMARTS) is 1. The molecule has 1 fully saturated rings. The van der Waals surface area contributed by atoms with Crippen LogP contribution in [0.1, 0.15) is 23.0 Å². The van der Waals surface area contributed by atoms with Crippen molar-refractivity contribution in [2.45, 2.75) is 19.5 Å². The quantitative estimate of drug-likeness (QED) is 0.876. The predicted molar refractivity (Wildman–Crippen MR) is 62.9 cm³/mol. The fourth-order valence-corrected chi connectivity index (χ4v) is 2.85. The topological polar surface area (TPSA) is 53.7 Å². The number of hydrogen-bond donors (Lipinski definition) is 1. The molecular weight excluding hydrogens is 226 g/mol. The van der Waals surface area contributed by atoms with Crippen LogP contribution in [-0.2, 0) is 6.54 Å². The van der Waals surface area contributed by atoms with Crippen molar-refractivity contribution in [3.63, 3.8) is 0 Å². The molecule has 1 aliphatic rings. The zero-order chi connectivity index (χ0) is 11.5. The summed E-state index contributed by atoms with van der Waals surface area (Å²) in [6.45, 7) is 3.93. The molecule has 16 heavy (non-hydrogen) atoms. The van der Waals surface area contributed by atoms with E-state index in [1.165, 1.54) is 6.26 Å². The van der Waals surface area contributed by atoms with Crippen molar-refractivity contribution in [1.82, 2.24) is 4.90 Å². The van der Waals surface area contributed by atoms with Gasteiger partial charge in [-0.1, -0.05) is 0 Å². The monoisotopic (exact) mass is 241 g/mol. The van der Waals surface area contributed by atoms with Crippen molar-refractivity contribution in [3.8, 4) is 0 Å². The van der Waals surface area contributed by atoms with E-state index in [9.17, 15) is 4.79 Å². The van der Waals surface area contributed by atoms with E-state index in [0.717, 1.165) is 23.8 Å². The standard InChI is InChI=1S/C11H15NO3S/c1-8-7-16-3-2-12(8)5-10-4-9(6-15-10)11(13)14/h4,6,8H,2-3,5,7H2,1H3,(H,13,14). The van der Waals surface area contributed by atoms with Crippen molar-refractivity contribution in [3.05, 3.63) is 23.7 Å². The van der Waals surface area contributed by atoms with E-state index in [4.69, 9.17) is 9.52 Å². The number of thioether (sulfide) groups is 1. The molecule has 0 bridgehead atoms. The zero-order valence-corrected chi connectivity index (χ0v) is 10.00. The van der Waals surface area contributed by atoms with Crippen LogP contribution in [0.5, 0.6) is 0 Å². The molecule has 4 nitrogen and oxygen atoms in total. The highest BCUT2D eigenvalue weighted by molar-refractivity contribution is 7.99. The van der Waals surface area contributed by atoms with E-state index in [2.05, 4.69) is 11.8 Å². The van der Waals surface area contributed by atoms with Crippen molar-refractivity contribution in [2.24, 2.45) is 0 Å². The maximum Gasteiger partial charge on any atom is 0.338 e. The Bertz CT molecular complexity index is 377. The van der Waals surface area contributed by atoms with E-state index in [1.807, 2.05) is 11.8 Å². The molecule has 1 aromatic heterocycles. The molecule has 5 heteroatoms. The van der Waals surface area contributed by atoms with Crippen LogP contribution >= 0.6 is 11.8 Å². The van der Waals surface area contributed by atoms with Crippen molar-refractivity contribution in [2.75, 3.05) is 18.1 Å². The molecule has 2 rings (SSSR count). The van der Waals surface area contributed by atoms with Crippen molar-refractivity contribution in [1.29, 1.82) is 0 Å². The normalized spacial score (nSPS) is 22.2. The third-order valence-electron chi connectivity index (χ3n) is 2.76. The van der Waals surface area contributed by atoms with Gasteiger partial charge in [0.15, 0.2) is 0 Å². The molecule has 0 radical (unpaired) electrons. The average Bonchev–Trinajstić information content (AvgIpc) is 2.70. The Morgan fingerprint density at radius 1 is 1.75 bits per heavy atom. The summed E-state index contributed by atoms with van der Waals surface area (Å²) in [6, 6.07) is 2.13. The number of hydrogen-bond acceptors (Lipinski definition) is 4. The second kappa shape index (κ2) is 4.93. The van der Waals surface area contributed by atoms with Gasteiger partial charge in [-0.3, -0.25) is 4.90 Å². The van der Waals surface area contributed by atoms with E-state index in [0.29, 0.717) is 12.6 Å². The number of carbonyl (C=O) groups is 1. The largest absolute Gasteiger partial charge is 0.478 e. The lowest BCUT2D eigenvalue weighted by Crippen LogP contribution is -2.39. The van der Waals surface area contributed by atoms with Crippen LogP contribution < -0.4 is 0 Å². The Balaban J connectivity index is 1.99. The minimum Gasteiger partial charge on any atom is -0.478 e. The minimum absolute atomic E-state index is 0.231.